The number of carbonyl (C=O) groups is 1. The van der Waals surface area contributed by atoms with Gasteiger partial charge in [0.25, 0.3) is 0 Å². The number of rotatable bonds is 2. The molecule has 2 aromatic heterocycles. The summed E-state index contributed by atoms with van der Waals surface area (Å²) < 4.78 is 1.90. The molecule has 3 heteroatoms. The molecule has 2 aromatic rings. The molecule has 0 saturated heterocycles. The smallest absolute Gasteiger partial charge is 0.176 e. The Bertz CT molecular complexity index is 485. The minimum absolute atomic E-state index is 0.0817. The predicted molar refractivity (Wildman–Crippen MR) is 54.6 cm³/mol. The number of fused-ring (bicyclic) bond motifs is 1. The van der Waals surface area contributed by atoms with E-state index in [0.717, 1.165) is 23.3 Å². The second-order valence-electron chi connectivity index (χ2n) is 3.26. The molecule has 0 saturated carbocycles. The zero-order valence-corrected chi connectivity index (χ0v) is 8.32. The van der Waals surface area contributed by atoms with Gasteiger partial charge in [-0.2, -0.15) is 0 Å². The Hall–Kier alpha value is -1.64. The molecule has 2 heterocycles. The minimum atomic E-state index is 0.0817. The number of Topliss-reactive ketones (excluding diaryl/α,β-unsaturated/α-hetero) is 1. The first-order valence-electron chi connectivity index (χ1n) is 4.70. The third-order valence-corrected chi connectivity index (χ3v) is 2.36. The van der Waals surface area contributed by atoms with Crippen molar-refractivity contribution >= 4 is 11.3 Å². The summed E-state index contributed by atoms with van der Waals surface area (Å²) in [6.45, 7) is 3.64. The molecule has 0 atom stereocenters. The maximum atomic E-state index is 11.3. The monoisotopic (exact) mass is 188 g/mol. The maximum Gasteiger partial charge on any atom is 0.176 e. The molecule has 0 unspecified atom stereocenters. The van der Waals surface area contributed by atoms with Crippen LogP contribution >= 0.6 is 0 Å². The zero-order chi connectivity index (χ0) is 10.1. The molecule has 0 bridgehead atoms. The van der Waals surface area contributed by atoms with Gasteiger partial charge in [0.1, 0.15) is 0 Å². The molecular weight excluding hydrogens is 176 g/mol. The van der Waals surface area contributed by atoms with E-state index in [1.165, 1.54) is 0 Å². The van der Waals surface area contributed by atoms with Gasteiger partial charge < -0.3 is 4.40 Å². The highest BCUT2D eigenvalue weighted by Gasteiger charge is 2.07. The summed E-state index contributed by atoms with van der Waals surface area (Å²) in [4.78, 5) is 15.5. The normalized spacial score (nSPS) is 10.7. The molecule has 3 nitrogen and oxygen atoms in total. The van der Waals surface area contributed by atoms with Crippen LogP contribution in [0.1, 0.15) is 30.0 Å². The van der Waals surface area contributed by atoms with E-state index in [2.05, 4.69) is 11.9 Å². The van der Waals surface area contributed by atoms with E-state index in [1.54, 1.807) is 13.1 Å². The lowest BCUT2D eigenvalue weighted by Crippen LogP contribution is -2.00. The van der Waals surface area contributed by atoms with Crippen molar-refractivity contribution in [2.24, 2.45) is 0 Å². The lowest BCUT2D eigenvalue weighted by atomic mass is 10.3. The largest absolute Gasteiger partial charge is 0.311 e. The van der Waals surface area contributed by atoms with Crippen molar-refractivity contribution in [2.45, 2.75) is 20.3 Å². The van der Waals surface area contributed by atoms with Crippen molar-refractivity contribution < 1.29 is 4.79 Å². The van der Waals surface area contributed by atoms with Gasteiger partial charge in [-0.3, -0.25) is 9.78 Å². The number of carbonyl (C=O) groups excluding carboxylic acids is 1. The van der Waals surface area contributed by atoms with Crippen molar-refractivity contribution in [1.29, 1.82) is 0 Å². The first-order valence-corrected chi connectivity index (χ1v) is 4.70. The van der Waals surface area contributed by atoms with Crippen LogP contribution in [0.2, 0.25) is 0 Å². The van der Waals surface area contributed by atoms with Gasteiger partial charge in [0.2, 0.25) is 0 Å². The Morgan fingerprint density at radius 3 is 2.93 bits per heavy atom. The first kappa shape index (κ1) is 8.94. The second-order valence-corrected chi connectivity index (χ2v) is 3.26. The van der Waals surface area contributed by atoms with Gasteiger partial charge in [0, 0.05) is 19.3 Å². The lowest BCUT2D eigenvalue weighted by Gasteiger charge is -2.02. The summed E-state index contributed by atoms with van der Waals surface area (Å²) in [5, 5.41) is 0. The van der Waals surface area contributed by atoms with Crippen molar-refractivity contribution in [1.82, 2.24) is 9.38 Å². The van der Waals surface area contributed by atoms with E-state index in [1.807, 2.05) is 22.7 Å². The zero-order valence-electron chi connectivity index (χ0n) is 8.32. The fourth-order valence-electron chi connectivity index (χ4n) is 1.66. The van der Waals surface area contributed by atoms with Crippen LogP contribution in [0, 0.1) is 0 Å². The van der Waals surface area contributed by atoms with E-state index in [4.69, 9.17) is 0 Å². The number of ketones is 1. The summed E-state index contributed by atoms with van der Waals surface area (Å²) in [5.41, 5.74) is 2.78. The van der Waals surface area contributed by atoms with Crippen molar-refractivity contribution in [3.63, 3.8) is 0 Å². The summed E-state index contributed by atoms with van der Waals surface area (Å²) >= 11 is 0. The SMILES string of the molecule is CCc1nccn2c(C(C)=O)ccc12. The van der Waals surface area contributed by atoms with Gasteiger partial charge >= 0.3 is 0 Å². The first-order chi connectivity index (χ1) is 6.74. The molecule has 0 radical (unpaired) electrons. The van der Waals surface area contributed by atoms with E-state index >= 15 is 0 Å². The maximum absolute atomic E-state index is 11.3. The average Bonchev–Trinajstić information content (AvgIpc) is 2.60. The average molecular weight is 188 g/mol. The highest BCUT2D eigenvalue weighted by molar-refractivity contribution is 5.93. The molecule has 0 spiro atoms. The molecule has 0 aliphatic heterocycles. The van der Waals surface area contributed by atoms with Crippen LogP contribution in [0.3, 0.4) is 0 Å². The number of hydrogen-bond acceptors (Lipinski definition) is 2. The quantitative estimate of drug-likeness (QED) is 0.676. The third kappa shape index (κ3) is 1.21. The van der Waals surface area contributed by atoms with Crippen molar-refractivity contribution in [3.05, 3.63) is 35.9 Å². The fraction of sp³-hybridized carbons (Fsp3) is 0.273. The standard InChI is InChI=1S/C11H12N2O/c1-3-9-11-5-4-10(8(2)14)13(11)7-6-12-9/h4-7H,3H2,1-2H3. The molecular formula is C11H12N2O. The van der Waals surface area contributed by atoms with Crippen LogP contribution < -0.4 is 0 Å². The second kappa shape index (κ2) is 3.25. The van der Waals surface area contributed by atoms with Gasteiger partial charge in [0.15, 0.2) is 5.78 Å². The van der Waals surface area contributed by atoms with Gasteiger partial charge in [-0.05, 0) is 18.6 Å². The highest BCUT2D eigenvalue weighted by Crippen LogP contribution is 2.13. The summed E-state index contributed by atoms with van der Waals surface area (Å²) in [5.74, 6) is 0.0817. The topological polar surface area (TPSA) is 34.4 Å². The van der Waals surface area contributed by atoms with Crippen LogP contribution in [-0.4, -0.2) is 15.2 Å². The summed E-state index contributed by atoms with van der Waals surface area (Å²) in [7, 11) is 0. The van der Waals surface area contributed by atoms with Gasteiger partial charge in [-0.1, -0.05) is 6.92 Å². The number of aryl methyl sites for hydroxylation is 1. The number of nitrogens with zero attached hydrogens (tertiary/aromatic N) is 2. The van der Waals surface area contributed by atoms with Crippen LogP contribution in [0.15, 0.2) is 24.5 Å². The molecule has 14 heavy (non-hydrogen) atoms. The molecule has 0 fully saturated rings. The molecule has 0 aromatic carbocycles. The fourth-order valence-corrected chi connectivity index (χ4v) is 1.66. The third-order valence-electron chi connectivity index (χ3n) is 2.36. The Labute approximate surface area is 82.4 Å². The number of aromatic nitrogens is 2. The molecule has 72 valence electrons. The van der Waals surface area contributed by atoms with E-state index in [9.17, 15) is 4.79 Å². The Kier molecular flexibility index (Phi) is 2.08. The van der Waals surface area contributed by atoms with Crippen LogP contribution in [0.25, 0.3) is 5.52 Å². The van der Waals surface area contributed by atoms with Crippen LogP contribution in [0.5, 0.6) is 0 Å². The summed E-state index contributed by atoms with van der Waals surface area (Å²) in [6.07, 6.45) is 4.44. The molecule has 0 amide bonds. The van der Waals surface area contributed by atoms with Crippen LogP contribution in [0.4, 0.5) is 0 Å². The van der Waals surface area contributed by atoms with Crippen molar-refractivity contribution in [2.75, 3.05) is 0 Å². The summed E-state index contributed by atoms with van der Waals surface area (Å²) in [6, 6.07) is 3.79. The van der Waals surface area contributed by atoms with Gasteiger partial charge in [0.05, 0.1) is 16.9 Å². The van der Waals surface area contributed by atoms with E-state index in [-0.39, 0.29) is 5.78 Å². The number of hydrogen-bond donors (Lipinski definition) is 0. The molecule has 0 aliphatic carbocycles. The van der Waals surface area contributed by atoms with Crippen molar-refractivity contribution in [3.8, 4) is 0 Å². The Balaban J connectivity index is 2.75. The molecule has 0 N–H and O–H groups in total. The van der Waals surface area contributed by atoms with Gasteiger partial charge in [-0.15, -0.1) is 0 Å². The van der Waals surface area contributed by atoms with E-state index < -0.39 is 0 Å². The predicted octanol–water partition coefficient (Wildman–Crippen LogP) is 2.10. The molecule has 2 rings (SSSR count). The van der Waals surface area contributed by atoms with Crippen LogP contribution in [-0.2, 0) is 6.42 Å². The van der Waals surface area contributed by atoms with Gasteiger partial charge in [-0.25, -0.2) is 0 Å². The lowest BCUT2D eigenvalue weighted by molar-refractivity contribution is 0.101. The molecule has 0 aliphatic rings. The highest BCUT2D eigenvalue weighted by atomic mass is 16.1. The Morgan fingerprint density at radius 1 is 1.50 bits per heavy atom. The minimum Gasteiger partial charge on any atom is -0.311 e. The Morgan fingerprint density at radius 2 is 2.29 bits per heavy atom. The van der Waals surface area contributed by atoms with E-state index in [0.29, 0.717) is 0 Å².